The predicted octanol–water partition coefficient (Wildman–Crippen LogP) is 1.55. The minimum Gasteiger partial charge on any atom is -0.502 e. The van der Waals surface area contributed by atoms with E-state index in [4.69, 9.17) is 9.47 Å². The number of methoxy groups -OCH3 is 2. The molecule has 0 heterocycles. The summed E-state index contributed by atoms with van der Waals surface area (Å²) in [6, 6.07) is 3.31. The molecular weight excluding hydrogens is 242 g/mol. The topological polar surface area (TPSA) is 91.1 Å². The number of nitrogens with zero attached hydrogens (tertiary/aromatic N) is 1. The highest BCUT2D eigenvalue weighted by Gasteiger charge is 2.11. The van der Waals surface area contributed by atoms with Crippen molar-refractivity contribution >= 4 is 0 Å². The van der Waals surface area contributed by atoms with Crippen LogP contribution in [0.25, 0.3) is 0 Å². The van der Waals surface area contributed by atoms with E-state index < -0.39 is 5.09 Å². The van der Waals surface area contributed by atoms with Crippen LogP contribution in [0.5, 0.6) is 17.2 Å². The average Bonchev–Trinajstić information content (AvgIpc) is 2.35. The Morgan fingerprint density at radius 1 is 1.28 bits per heavy atom. The van der Waals surface area contributed by atoms with E-state index >= 15 is 0 Å². The second-order valence-electron chi connectivity index (χ2n) is 3.51. The number of ether oxygens (including phenoxy) is 2. The number of phenolic OH excluding ortho intramolecular Hbond substituents is 1. The molecule has 7 heteroatoms. The lowest BCUT2D eigenvalue weighted by molar-refractivity contribution is -0.757. The lowest BCUT2D eigenvalue weighted by Gasteiger charge is -2.11. The van der Waals surface area contributed by atoms with Gasteiger partial charge in [0.25, 0.3) is 5.09 Å². The Bertz CT molecular complexity index is 395. The number of phenols is 1. The number of aromatic hydroxyl groups is 1. The van der Waals surface area contributed by atoms with E-state index in [0.717, 1.165) is 5.56 Å². The van der Waals surface area contributed by atoms with Gasteiger partial charge in [-0.25, -0.2) is 0 Å². The van der Waals surface area contributed by atoms with Crippen LogP contribution in [0.2, 0.25) is 0 Å². The minimum absolute atomic E-state index is 0.0263. The molecule has 0 fully saturated rings. The molecule has 0 radical (unpaired) electrons. The Labute approximate surface area is 104 Å². The Balaban J connectivity index is 2.68. The van der Waals surface area contributed by atoms with E-state index in [1.165, 1.54) is 14.2 Å². The fourth-order valence-corrected chi connectivity index (χ4v) is 1.51. The molecule has 0 atom stereocenters. The van der Waals surface area contributed by atoms with Crippen molar-refractivity contribution in [2.75, 3.05) is 20.8 Å². The number of hydrogen-bond donors (Lipinski definition) is 1. The summed E-state index contributed by atoms with van der Waals surface area (Å²) in [5.74, 6) is 0.546. The van der Waals surface area contributed by atoms with E-state index in [2.05, 4.69) is 4.84 Å². The zero-order valence-corrected chi connectivity index (χ0v) is 10.2. The number of aryl methyl sites for hydroxylation is 1. The molecule has 18 heavy (non-hydrogen) atoms. The highest BCUT2D eigenvalue weighted by atomic mass is 16.9. The average molecular weight is 257 g/mol. The molecule has 0 aliphatic rings. The first-order valence-corrected chi connectivity index (χ1v) is 5.29. The Morgan fingerprint density at radius 3 is 2.28 bits per heavy atom. The fraction of sp³-hybridized carbons (Fsp3) is 0.455. The third-order valence-corrected chi connectivity index (χ3v) is 2.35. The minimum atomic E-state index is -0.821. The molecule has 0 aliphatic carbocycles. The fourth-order valence-electron chi connectivity index (χ4n) is 1.51. The quantitative estimate of drug-likeness (QED) is 0.452. The molecule has 0 aliphatic heterocycles. The van der Waals surface area contributed by atoms with Crippen LogP contribution in [0.15, 0.2) is 12.1 Å². The van der Waals surface area contributed by atoms with Gasteiger partial charge in [-0.3, -0.25) is 0 Å². The van der Waals surface area contributed by atoms with Gasteiger partial charge in [0.05, 0.1) is 20.8 Å². The molecular formula is C11H15NO6. The summed E-state index contributed by atoms with van der Waals surface area (Å²) in [6.07, 6.45) is 1.04. The SMILES string of the molecule is COc1cc(CCCO[N+](=O)[O-])cc(OC)c1O. The molecule has 1 aromatic rings. The first-order valence-electron chi connectivity index (χ1n) is 5.29. The highest BCUT2D eigenvalue weighted by Crippen LogP contribution is 2.37. The molecule has 1 rings (SSSR count). The summed E-state index contributed by atoms with van der Waals surface area (Å²) in [7, 11) is 2.88. The maximum absolute atomic E-state index is 9.97. The Morgan fingerprint density at radius 2 is 1.83 bits per heavy atom. The van der Waals surface area contributed by atoms with Gasteiger partial charge in [-0.15, -0.1) is 10.1 Å². The van der Waals surface area contributed by atoms with Gasteiger partial charge in [0.1, 0.15) is 0 Å². The van der Waals surface area contributed by atoms with Crippen molar-refractivity contribution in [3.05, 3.63) is 27.8 Å². The van der Waals surface area contributed by atoms with Crippen molar-refractivity contribution in [2.45, 2.75) is 12.8 Å². The first-order chi connectivity index (χ1) is 8.58. The van der Waals surface area contributed by atoms with Crippen LogP contribution >= 0.6 is 0 Å². The first kappa shape index (κ1) is 13.9. The molecule has 0 spiro atoms. The van der Waals surface area contributed by atoms with Crippen molar-refractivity contribution in [3.8, 4) is 17.2 Å². The monoisotopic (exact) mass is 257 g/mol. The molecule has 0 saturated carbocycles. The van der Waals surface area contributed by atoms with Gasteiger partial charge in [0, 0.05) is 0 Å². The second kappa shape index (κ2) is 6.53. The van der Waals surface area contributed by atoms with Crippen molar-refractivity contribution < 1.29 is 24.5 Å². The normalized spacial score (nSPS) is 9.89. The van der Waals surface area contributed by atoms with E-state index in [1.54, 1.807) is 12.1 Å². The smallest absolute Gasteiger partial charge is 0.294 e. The largest absolute Gasteiger partial charge is 0.502 e. The van der Waals surface area contributed by atoms with Gasteiger partial charge in [-0.2, -0.15) is 0 Å². The summed E-state index contributed by atoms with van der Waals surface area (Å²) in [6.45, 7) is 0.0263. The zero-order valence-electron chi connectivity index (χ0n) is 10.2. The van der Waals surface area contributed by atoms with Gasteiger partial charge in [-0.1, -0.05) is 0 Å². The zero-order chi connectivity index (χ0) is 13.5. The predicted molar refractivity (Wildman–Crippen MR) is 62.5 cm³/mol. The van der Waals surface area contributed by atoms with Crippen LogP contribution in [0.4, 0.5) is 0 Å². The van der Waals surface area contributed by atoms with Crippen LogP contribution in [-0.4, -0.2) is 31.0 Å². The van der Waals surface area contributed by atoms with Crippen LogP contribution in [0.1, 0.15) is 12.0 Å². The maximum atomic E-state index is 9.97. The van der Waals surface area contributed by atoms with Crippen molar-refractivity contribution in [1.29, 1.82) is 0 Å². The molecule has 0 unspecified atom stereocenters. The summed E-state index contributed by atoms with van der Waals surface area (Å²) in [5, 5.41) is 18.8. The molecule has 0 bridgehead atoms. The highest BCUT2D eigenvalue weighted by molar-refractivity contribution is 5.52. The van der Waals surface area contributed by atoms with Crippen molar-refractivity contribution in [1.82, 2.24) is 0 Å². The molecule has 7 nitrogen and oxygen atoms in total. The molecule has 0 aromatic heterocycles. The molecule has 0 saturated heterocycles. The maximum Gasteiger partial charge on any atom is 0.294 e. The third kappa shape index (κ3) is 3.69. The second-order valence-corrected chi connectivity index (χ2v) is 3.51. The van der Waals surface area contributed by atoms with Gasteiger partial charge in [0.15, 0.2) is 11.5 Å². The lowest BCUT2D eigenvalue weighted by Crippen LogP contribution is -2.03. The van der Waals surface area contributed by atoms with Gasteiger partial charge >= 0.3 is 0 Å². The number of rotatable bonds is 7. The Kier molecular flexibility index (Phi) is 5.04. The van der Waals surface area contributed by atoms with Crippen LogP contribution in [0, 0.1) is 10.1 Å². The van der Waals surface area contributed by atoms with Crippen molar-refractivity contribution in [2.24, 2.45) is 0 Å². The van der Waals surface area contributed by atoms with E-state index in [9.17, 15) is 15.2 Å². The standard InChI is InChI=1S/C11H15NO6/c1-16-9-6-8(4-3-5-18-12(14)15)7-10(17-2)11(9)13/h6-7,13H,3-5H2,1-2H3. The third-order valence-electron chi connectivity index (χ3n) is 2.35. The number of benzene rings is 1. The summed E-state index contributed by atoms with van der Waals surface area (Å²) < 4.78 is 10.0. The van der Waals surface area contributed by atoms with Gasteiger partial charge in [-0.05, 0) is 30.5 Å². The molecule has 1 aromatic carbocycles. The van der Waals surface area contributed by atoms with Crippen LogP contribution < -0.4 is 9.47 Å². The molecule has 100 valence electrons. The van der Waals surface area contributed by atoms with Crippen LogP contribution in [0.3, 0.4) is 0 Å². The lowest BCUT2D eigenvalue weighted by atomic mass is 10.1. The van der Waals surface area contributed by atoms with Gasteiger partial charge in [0.2, 0.25) is 5.75 Å². The summed E-state index contributed by atoms with van der Waals surface area (Å²) >= 11 is 0. The van der Waals surface area contributed by atoms with E-state index in [0.29, 0.717) is 24.3 Å². The molecule has 1 N–H and O–H groups in total. The van der Waals surface area contributed by atoms with Crippen molar-refractivity contribution in [3.63, 3.8) is 0 Å². The van der Waals surface area contributed by atoms with Gasteiger partial charge < -0.3 is 19.4 Å². The number of hydrogen-bond acceptors (Lipinski definition) is 6. The summed E-state index contributed by atoms with van der Waals surface area (Å²) in [4.78, 5) is 14.2. The molecule has 0 amide bonds. The summed E-state index contributed by atoms with van der Waals surface area (Å²) in [5.41, 5.74) is 0.841. The van der Waals surface area contributed by atoms with E-state index in [1.807, 2.05) is 0 Å². The van der Waals surface area contributed by atoms with E-state index in [-0.39, 0.29) is 12.4 Å². The Hall–Kier alpha value is -2.18. The van der Waals surface area contributed by atoms with Crippen LogP contribution in [-0.2, 0) is 11.3 Å².